The van der Waals surface area contributed by atoms with Gasteiger partial charge in [0.15, 0.2) is 0 Å². The van der Waals surface area contributed by atoms with Crippen LogP contribution in [0.15, 0.2) is 27.9 Å². The van der Waals surface area contributed by atoms with Crippen molar-refractivity contribution in [1.29, 1.82) is 0 Å². The number of aromatic amines is 1. The Balaban J connectivity index is 2.09. The van der Waals surface area contributed by atoms with E-state index in [1.54, 1.807) is 18.6 Å². The van der Waals surface area contributed by atoms with Gasteiger partial charge in [0.05, 0.1) is 18.1 Å². The molecular formula is C12H16BrN5O. The summed E-state index contributed by atoms with van der Waals surface area (Å²) in [5, 5.41) is 13.9. The molecule has 0 saturated carbocycles. The highest BCUT2D eigenvalue weighted by Gasteiger charge is 2.08. The van der Waals surface area contributed by atoms with Crippen LogP contribution in [0.25, 0.3) is 0 Å². The maximum Gasteiger partial charge on any atom is 0.283 e. The summed E-state index contributed by atoms with van der Waals surface area (Å²) < 4.78 is 2.00. The van der Waals surface area contributed by atoms with E-state index in [1.807, 2.05) is 0 Å². The number of unbranched alkanes of at least 4 members (excludes halogenated alkanes) is 1. The van der Waals surface area contributed by atoms with Crippen LogP contribution in [0.2, 0.25) is 0 Å². The Morgan fingerprint density at radius 1 is 1.47 bits per heavy atom. The van der Waals surface area contributed by atoms with Crippen molar-refractivity contribution in [3.63, 3.8) is 0 Å². The van der Waals surface area contributed by atoms with Gasteiger partial charge >= 0.3 is 0 Å². The highest BCUT2D eigenvalue weighted by Crippen LogP contribution is 2.17. The Labute approximate surface area is 119 Å². The predicted octanol–water partition coefficient (Wildman–Crippen LogP) is 2.14. The van der Waals surface area contributed by atoms with Crippen molar-refractivity contribution >= 4 is 21.6 Å². The molecule has 2 aromatic heterocycles. The molecule has 0 fully saturated rings. The van der Waals surface area contributed by atoms with Crippen LogP contribution in [0.5, 0.6) is 0 Å². The third-order valence-corrected chi connectivity index (χ3v) is 3.51. The van der Waals surface area contributed by atoms with Gasteiger partial charge in [0.25, 0.3) is 5.56 Å². The SMILES string of the molecule is CCCCn1ncc(NCc2cn[nH]c2)c(Br)c1=O. The normalized spacial score (nSPS) is 10.6. The predicted molar refractivity (Wildman–Crippen MR) is 77.0 cm³/mol. The summed E-state index contributed by atoms with van der Waals surface area (Å²) >= 11 is 3.33. The van der Waals surface area contributed by atoms with E-state index in [9.17, 15) is 4.79 Å². The highest BCUT2D eigenvalue weighted by molar-refractivity contribution is 9.10. The summed E-state index contributed by atoms with van der Waals surface area (Å²) in [6, 6.07) is 0. The second-order valence-electron chi connectivity index (χ2n) is 4.21. The minimum atomic E-state index is -0.106. The number of H-pyrrole nitrogens is 1. The van der Waals surface area contributed by atoms with Crippen LogP contribution in [0, 0.1) is 0 Å². The van der Waals surface area contributed by atoms with Gasteiger partial charge in [-0.25, -0.2) is 4.68 Å². The topological polar surface area (TPSA) is 75.6 Å². The number of aromatic nitrogens is 4. The van der Waals surface area contributed by atoms with Crippen LogP contribution in [-0.2, 0) is 13.1 Å². The van der Waals surface area contributed by atoms with Crippen LogP contribution in [0.1, 0.15) is 25.3 Å². The van der Waals surface area contributed by atoms with Crippen LogP contribution >= 0.6 is 15.9 Å². The van der Waals surface area contributed by atoms with E-state index in [1.165, 1.54) is 4.68 Å². The zero-order valence-corrected chi connectivity index (χ0v) is 12.3. The molecule has 0 aliphatic carbocycles. The highest BCUT2D eigenvalue weighted by atomic mass is 79.9. The summed E-state index contributed by atoms with van der Waals surface area (Å²) in [6.07, 6.45) is 7.18. The van der Waals surface area contributed by atoms with E-state index < -0.39 is 0 Å². The molecule has 19 heavy (non-hydrogen) atoms. The molecule has 0 atom stereocenters. The van der Waals surface area contributed by atoms with Crippen LogP contribution < -0.4 is 10.9 Å². The second kappa shape index (κ2) is 6.51. The Hall–Kier alpha value is -1.63. The van der Waals surface area contributed by atoms with Crippen molar-refractivity contribution in [3.05, 3.63) is 39.0 Å². The molecule has 0 aromatic carbocycles. The summed E-state index contributed by atoms with van der Waals surface area (Å²) in [4.78, 5) is 12.1. The molecule has 2 rings (SSSR count). The number of nitrogens with one attached hydrogen (secondary N) is 2. The number of hydrogen-bond donors (Lipinski definition) is 2. The standard InChI is InChI=1S/C12H16BrN5O/c1-2-3-4-18-12(19)11(13)10(8-17-18)14-5-9-6-15-16-7-9/h6-8,14H,2-5H2,1H3,(H,15,16). The molecule has 2 heterocycles. The van der Waals surface area contributed by atoms with Crippen molar-refractivity contribution in [2.75, 3.05) is 5.32 Å². The van der Waals surface area contributed by atoms with E-state index in [-0.39, 0.29) is 5.56 Å². The molecule has 0 radical (unpaired) electrons. The summed E-state index contributed by atoms with van der Waals surface area (Å²) in [5.41, 5.74) is 1.60. The zero-order valence-electron chi connectivity index (χ0n) is 10.7. The van der Waals surface area contributed by atoms with Crippen LogP contribution in [0.4, 0.5) is 5.69 Å². The molecule has 6 nitrogen and oxygen atoms in total. The first-order valence-electron chi connectivity index (χ1n) is 6.19. The molecule has 0 saturated heterocycles. The Morgan fingerprint density at radius 3 is 3.00 bits per heavy atom. The van der Waals surface area contributed by atoms with Crippen molar-refractivity contribution in [3.8, 4) is 0 Å². The van der Waals surface area contributed by atoms with Gasteiger partial charge < -0.3 is 5.32 Å². The second-order valence-corrected chi connectivity index (χ2v) is 5.01. The largest absolute Gasteiger partial charge is 0.378 e. The first-order valence-corrected chi connectivity index (χ1v) is 6.98. The zero-order chi connectivity index (χ0) is 13.7. The lowest BCUT2D eigenvalue weighted by Gasteiger charge is -2.09. The Morgan fingerprint density at radius 2 is 2.32 bits per heavy atom. The van der Waals surface area contributed by atoms with Crippen LogP contribution in [-0.4, -0.2) is 20.0 Å². The van der Waals surface area contributed by atoms with Gasteiger partial charge in [-0.3, -0.25) is 9.89 Å². The van der Waals surface area contributed by atoms with Crippen molar-refractivity contribution < 1.29 is 0 Å². The van der Waals surface area contributed by atoms with E-state index in [2.05, 4.69) is 43.5 Å². The van der Waals surface area contributed by atoms with Gasteiger partial charge in [0.2, 0.25) is 0 Å². The van der Waals surface area contributed by atoms with E-state index in [4.69, 9.17) is 0 Å². The van der Waals surface area contributed by atoms with Gasteiger partial charge in [-0.15, -0.1) is 0 Å². The molecule has 2 aromatic rings. The minimum absolute atomic E-state index is 0.106. The van der Waals surface area contributed by atoms with Gasteiger partial charge in [0, 0.05) is 24.8 Å². The molecule has 0 aliphatic rings. The monoisotopic (exact) mass is 325 g/mol. The molecule has 0 spiro atoms. The summed E-state index contributed by atoms with van der Waals surface area (Å²) in [6.45, 7) is 3.33. The minimum Gasteiger partial charge on any atom is -0.378 e. The molecule has 0 bridgehead atoms. The average Bonchev–Trinajstić information content (AvgIpc) is 2.92. The fraction of sp³-hybridized carbons (Fsp3) is 0.417. The molecule has 102 valence electrons. The van der Waals surface area contributed by atoms with Crippen LogP contribution in [0.3, 0.4) is 0 Å². The van der Waals surface area contributed by atoms with Gasteiger partial charge in [0.1, 0.15) is 4.47 Å². The fourth-order valence-corrected chi connectivity index (χ4v) is 2.07. The van der Waals surface area contributed by atoms with Crippen molar-refractivity contribution in [2.24, 2.45) is 0 Å². The molecule has 0 unspecified atom stereocenters. The molecule has 0 aliphatic heterocycles. The van der Waals surface area contributed by atoms with Gasteiger partial charge in [-0.05, 0) is 22.4 Å². The number of halogens is 1. The number of nitrogens with zero attached hydrogens (tertiary/aromatic N) is 3. The first-order chi connectivity index (χ1) is 9.22. The molecule has 7 heteroatoms. The van der Waals surface area contributed by atoms with Gasteiger partial charge in [-0.2, -0.15) is 10.2 Å². The first kappa shape index (κ1) is 13.8. The smallest absolute Gasteiger partial charge is 0.283 e. The number of anilines is 1. The third kappa shape index (κ3) is 3.44. The number of hydrogen-bond acceptors (Lipinski definition) is 4. The lowest BCUT2D eigenvalue weighted by atomic mass is 10.3. The maximum atomic E-state index is 12.1. The van der Waals surface area contributed by atoms with Crippen molar-refractivity contribution in [2.45, 2.75) is 32.9 Å². The Kier molecular flexibility index (Phi) is 4.73. The number of aryl methyl sites for hydroxylation is 1. The van der Waals surface area contributed by atoms with Crippen molar-refractivity contribution in [1.82, 2.24) is 20.0 Å². The maximum absolute atomic E-state index is 12.1. The number of rotatable bonds is 6. The Bertz CT molecular complexity index is 578. The van der Waals surface area contributed by atoms with E-state index >= 15 is 0 Å². The lowest BCUT2D eigenvalue weighted by molar-refractivity contribution is 0.541. The molecular weight excluding hydrogens is 310 g/mol. The molecule has 2 N–H and O–H groups in total. The lowest BCUT2D eigenvalue weighted by Crippen LogP contribution is -2.24. The quantitative estimate of drug-likeness (QED) is 0.853. The summed E-state index contributed by atoms with van der Waals surface area (Å²) in [5.74, 6) is 0. The van der Waals surface area contributed by atoms with E-state index in [0.29, 0.717) is 23.2 Å². The van der Waals surface area contributed by atoms with E-state index in [0.717, 1.165) is 18.4 Å². The summed E-state index contributed by atoms with van der Waals surface area (Å²) in [7, 11) is 0. The van der Waals surface area contributed by atoms with Gasteiger partial charge in [-0.1, -0.05) is 13.3 Å². The average molecular weight is 326 g/mol. The molecule has 0 amide bonds. The third-order valence-electron chi connectivity index (χ3n) is 2.75. The fourth-order valence-electron chi connectivity index (χ4n) is 1.63.